The van der Waals surface area contributed by atoms with Crippen molar-refractivity contribution in [3.63, 3.8) is 0 Å². The van der Waals surface area contributed by atoms with Crippen LogP contribution in [0.25, 0.3) is 0 Å². The molecule has 7 heteroatoms. The highest BCUT2D eigenvalue weighted by Crippen LogP contribution is 2.21. The molecule has 1 fully saturated rings. The summed E-state index contributed by atoms with van der Waals surface area (Å²) in [4.78, 5) is 11.1. The Morgan fingerprint density at radius 1 is 1.27 bits per heavy atom. The Balaban J connectivity index is 2.78. The molecule has 0 amide bonds. The Bertz CT molecular complexity index is 229. The van der Waals surface area contributed by atoms with Gasteiger partial charge in [-0.25, -0.2) is 4.79 Å². The number of methoxy groups -OCH3 is 1. The Hall–Kier alpha value is -0.730. The van der Waals surface area contributed by atoms with Crippen LogP contribution in [0.2, 0.25) is 0 Å². The van der Waals surface area contributed by atoms with Crippen molar-refractivity contribution in [3.8, 4) is 0 Å². The molecule has 0 aromatic carbocycles. The predicted octanol–water partition coefficient (Wildman–Crippen LogP) is -3.00. The molecule has 88 valence electrons. The molecule has 0 bridgehead atoms. The summed E-state index contributed by atoms with van der Waals surface area (Å²) in [5, 5.41) is 36.9. The Kier molecular flexibility index (Phi) is 4.00. The van der Waals surface area contributed by atoms with E-state index in [9.17, 15) is 20.1 Å². The van der Waals surface area contributed by atoms with Gasteiger partial charge in [-0.15, -0.1) is 0 Å². The first kappa shape index (κ1) is 12.3. The van der Waals surface area contributed by atoms with Crippen LogP contribution in [0.5, 0.6) is 0 Å². The quantitative estimate of drug-likeness (QED) is 0.368. The van der Waals surface area contributed by atoms with Crippen molar-refractivity contribution in [1.29, 1.82) is 0 Å². The summed E-state index contributed by atoms with van der Waals surface area (Å²) in [6.07, 6.45) is -7.08. The predicted molar refractivity (Wildman–Crippen MR) is 45.8 cm³/mol. The van der Waals surface area contributed by atoms with Gasteiger partial charge in [0.25, 0.3) is 0 Å². The second-order valence-electron chi connectivity index (χ2n) is 3.27. The van der Waals surface area contributed by atoms with Crippen LogP contribution in [0, 0.1) is 0 Å². The third-order valence-electron chi connectivity index (χ3n) is 2.33. The lowest BCUT2D eigenvalue weighted by Crippen LogP contribution is -2.60. The van der Waals surface area contributed by atoms with E-state index in [0.29, 0.717) is 0 Å². The molecule has 4 N–H and O–H groups in total. The van der Waals surface area contributed by atoms with Crippen LogP contribution in [0.15, 0.2) is 0 Å². The summed E-state index contributed by atoms with van der Waals surface area (Å²) in [5.41, 5.74) is 0. The number of ether oxygens (including phenoxy) is 2. The second kappa shape index (κ2) is 4.86. The summed E-state index contributed by atoms with van der Waals surface area (Å²) < 4.78 is 9.24. The minimum absolute atomic E-state index is 0.571. The van der Waals surface area contributed by atoms with E-state index in [0.717, 1.165) is 7.11 Å². The number of carbonyl (C=O) groups is 1. The van der Waals surface area contributed by atoms with Gasteiger partial charge in [-0.3, -0.25) is 0 Å². The first-order valence-corrected chi connectivity index (χ1v) is 4.41. The van der Waals surface area contributed by atoms with E-state index in [4.69, 9.17) is 9.84 Å². The Labute approximate surface area is 85.9 Å². The van der Waals surface area contributed by atoms with Gasteiger partial charge in [0.1, 0.15) is 24.4 Å². The number of hydrogen-bond acceptors (Lipinski definition) is 7. The van der Waals surface area contributed by atoms with Crippen LogP contribution < -0.4 is 0 Å². The zero-order chi connectivity index (χ0) is 11.6. The van der Waals surface area contributed by atoms with Crippen molar-refractivity contribution in [2.24, 2.45) is 0 Å². The van der Waals surface area contributed by atoms with E-state index in [1.807, 2.05) is 0 Å². The van der Waals surface area contributed by atoms with Gasteiger partial charge >= 0.3 is 5.97 Å². The molecule has 0 aliphatic carbocycles. The number of hydrogen-bond donors (Lipinski definition) is 4. The van der Waals surface area contributed by atoms with Crippen LogP contribution in [0.3, 0.4) is 0 Å². The van der Waals surface area contributed by atoms with E-state index >= 15 is 0 Å². The molecule has 1 heterocycles. The summed E-state index contributed by atoms with van der Waals surface area (Å²) >= 11 is 0. The maximum Gasteiger partial charge on any atom is 0.337 e. The summed E-state index contributed by atoms with van der Waals surface area (Å²) in [6, 6.07) is 0. The van der Waals surface area contributed by atoms with Gasteiger partial charge < -0.3 is 29.9 Å². The largest absolute Gasteiger partial charge is 0.467 e. The van der Waals surface area contributed by atoms with Crippen molar-refractivity contribution in [2.45, 2.75) is 30.5 Å². The van der Waals surface area contributed by atoms with Crippen LogP contribution in [-0.4, -0.2) is 70.6 Å². The first-order chi connectivity index (χ1) is 7.02. The fourth-order valence-corrected chi connectivity index (χ4v) is 1.41. The summed E-state index contributed by atoms with van der Waals surface area (Å²) in [7, 11) is 1.10. The molecule has 0 aromatic rings. The number of aliphatic hydroxyl groups is 4. The average Bonchev–Trinajstić information content (AvgIpc) is 2.25. The summed E-state index contributed by atoms with van der Waals surface area (Å²) in [5.74, 6) is -0.869. The van der Waals surface area contributed by atoms with Gasteiger partial charge in [-0.05, 0) is 0 Å². The fraction of sp³-hybridized carbons (Fsp3) is 0.875. The molecule has 1 aliphatic heterocycles. The molecule has 0 radical (unpaired) electrons. The van der Waals surface area contributed by atoms with Crippen molar-refractivity contribution in [1.82, 2.24) is 0 Å². The van der Waals surface area contributed by atoms with Gasteiger partial charge in [0.05, 0.1) is 13.7 Å². The van der Waals surface area contributed by atoms with Gasteiger partial charge in [0.2, 0.25) is 0 Å². The lowest BCUT2D eigenvalue weighted by molar-refractivity contribution is -0.234. The lowest BCUT2D eigenvalue weighted by atomic mass is 9.95. The average molecular weight is 222 g/mol. The molecule has 1 rings (SSSR count). The van der Waals surface area contributed by atoms with Gasteiger partial charge in [0.15, 0.2) is 6.10 Å². The Morgan fingerprint density at radius 2 is 1.87 bits per heavy atom. The van der Waals surface area contributed by atoms with E-state index in [1.165, 1.54) is 0 Å². The molecule has 1 saturated heterocycles. The van der Waals surface area contributed by atoms with Gasteiger partial charge in [-0.1, -0.05) is 0 Å². The zero-order valence-corrected chi connectivity index (χ0v) is 8.11. The molecule has 0 spiro atoms. The van der Waals surface area contributed by atoms with E-state index in [1.54, 1.807) is 0 Å². The number of aliphatic hydroxyl groups excluding tert-OH is 4. The Morgan fingerprint density at radius 3 is 2.33 bits per heavy atom. The molecule has 7 nitrogen and oxygen atoms in total. The molecule has 0 aromatic heterocycles. The van der Waals surface area contributed by atoms with Crippen molar-refractivity contribution >= 4 is 5.97 Å². The molecule has 5 atom stereocenters. The number of carbonyl (C=O) groups excluding carboxylic acids is 1. The standard InChI is InChI=1S/C8H14O7/c1-14-8(13)7-6(12)5(11)4(10)3(2-9)15-7/h3-7,9-12H,2H2,1H3/t3-,4-,5+,6+,7-/m1/s1. The van der Waals surface area contributed by atoms with Crippen molar-refractivity contribution < 1.29 is 34.7 Å². The highest BCUT2D eigenvalue weighted by Gasteiger charge is 2.46. The molecule has 15 heavy (non-hydrogen) atoms. The normalized spacial score (nSPS) is 41.3. The number of esters is 1. The molecular weight excluding hydrogens is 208 g/mol. The van der Waals surface area contributed by atoms with Crippen LogP contribution in [0.1, 0.15) is 0 Å². The zero-order valence-electron chi connectivity index (χ0n) is 8.11. The molecule has 0 saturated carbocycles. The highest BCUT2D eigenvalue weighted by atomic mass is 16.6. The fourth-order valence-electron chi connectivity index (χ4n) is 1.41. The minimum atomic E-state index is -1.57. The first-order valence-electron chi connectivity index (χ1n) is 4.41. The molecule has 1 aliphatic rings. The van der Waals surface area contributed by atoms with Crippen molar-refractivity contribution in [2.75, 3.05) is 13.7 Å². The smallest absolute Gasteiger partial charge is 0.337 e. The SMILES string of the molecule is COC(=O)[C@@H]1O[C@H](CO)[C@@H](O)[C@H](O)[C@@H]1O. The highest BCUT2D eigenvalue weighted by molar-refractivity contribution is 5.75. The topological polar surface area (TPSA) is 116 Å². The van der Waals surface area contributed by atoms with Gasteiger partial charge in [0, 0.05) is 0 Å². The van der Waals surface area contributed by atoms with E-state index in [2.05, 4.69) is 4.74 Å². The minimum Gasteiger partial charge on any atom is -0.467 e. The molecular formula is C8H14O7. The molecule has 0 unspecified atom stereocenters. The van der Waals surface area contributed by atoms with Crippen LogP contribution in [-0.2, 0) is 14.3 Å². The third kappa shape index (κ3) is 2.27. The maximum atomic E-state index is 11.1. The monoisotopic (exact) mass is 222 g/mol. The van der Waals surface area contributed by atoms with Crippen molar-refractivity contribution in [3.05, 3.63) is 0 Å². The maximum absolute atomic E-state index is 11.1. The van der Waals surface area contributed by atoms with E-state index < -0.39 is 43.1 Å². The number of rotatable bonds is 2. The lowest BCUT2D eigenvalue weighted by Gasteiger charge is -2.38. The van der Waals surface area contributed by atoms with E-state index in [-0.39, 0.29) is 0 Å². The van der Waals surface area contributed by atoms with Gasteiger partial charge in [-0.2, -0.15) is 0 Å². The third-order valence-corrected chi connectivity index (χ3v) is 2.33. The second-order valence-corrected chi connectivity index (χ2v) is 3.27. The summed E-state index contributed by atoms with van der Waals surface area (Å²) in [6.45, 7) is -0.571. The van der Waals surface area contributed by atoms with Crippen LogP contribution >= 0.6 is 0 Å². The van der Waals surface area contributed by atoms with Crippen LogP contribution in [0.4, 0.5) is 0 Å².